The van der Waals surface area contributed by atoms with Gasteiger partial charge < -0.3 is 10.6 Å². The Morgan fingerprint density at radius 3 is 2.56 bits per heavy atom. The normalized spacial score (nSPS) is 11.8. The minimum atomic E-state index is -0.642. The summed E-state index contributed by atoms with van der Waals surface area (Å²) in [6, 6.07) is 5.37. The van der Waals surface area contributed by atoms with Crippen LogP contribution in [-0.4, -0.2) is 17.9 Å². The topological polar surface area (TPSA) is 58.2 Å². The zero-order valence-electron chi connectivity index (χ0n) is 10.7. The molecule has 98 valence electrons. The SMILES string of the molecule is CC[C@@H](C)NC(=O)C(=O)Nc1ccc(Br)c(C)c1. The van der Waals surface area contributed by atoms with Crippen molar-refractivity contribution in [3.8, 4) is 0 Å². The van der Waals surface area contributed by atoms with Crippen LogP contribution in [0.4, 0.5) is 5.69 Å². The Morgan fingerprint density at radius 1 is 1.33 bits per heavy atom. The van der Waals surface area contributed by atoms with Crippen LogP contribution in [0.2, 0.25) is 0 Å². The molecule has 1 aromatic carbocycles. The van der Waals surface area contributed by atoms with Crippen LogP contribution in [0.25, 0.3) is 0 Å². The summed E-state index contributed by atoms with van der Waals surface area (Å²) in [6.07, 6.45) is 0.788. The molecule has 0 fully saturated rings. The van der Waals surface area contributed by atoms with Crippen LogP contribution in [0.3, 0.4) is 0 Å². The predicted molar refractivity (Wildman–Crippen MR) is 75.4 cm³/mol. The van der Waals surface area contributed by atoms with E-state index in [0.717, 1.165) is 16.5 Å². The highest BCUT2D eigenvalue weighted by Gasteiger charge is 2.15. The Bertz CT molecular complexity index is 460. The molecular formula is C13H17BrN2O2. The standard InChI is InChI=1S/C13H17BrN2O2/c1-4-9(3)15-12(17)13(18)16-10-5-6-11(14)8(2)7-10/h5-7,9H,4H2,1-3H3,(H,15,17)(H,16,18)/t9-/m1/s1. The van der Waals surface area contributed by atoms with Crippen LogP contribution in [0.1, 0.15) is 25.8 Å². The Morgan fingerprint density at radius 2 is 2.00 bits per heavy atom. The second-order valence-electron chi connectivity index (χ2n) is 4.20. The lowest BCUT2D eigenvalue weighted by atomic mass is 10.2. The van der Waals surface area contributed by atoms with Crippen LogP contribution in [-0.2, 0) is 9.59 Å². The number of halogens is 1. The lowest BCUT2D eigenvalue weighted by molar-refractivity contribution is -0.136. The van der Waals surface area contributed by atoms with Crippen molar-refractivity contribution in [2.75, 3.05) is 5.32 Å². The molecule has 0 aliphatic rings. The number of aryl methyl sites for hydroxylation is 1. The number of rotatable bonds is 3. The fourth-order valence-electron chi connectivity index (χ4n) is 1.30. The van der Waals surface area contributed by atoms with Gasteiger partial charge in [-0.2, -0.15) is 0 Å². The highest BCUT2D eigenvalue weighted by atomic mass is 79.9. The molecule has 1 rings (SSSR count). The van der Waals surface area contributed by atoms with Crippen LogP contribution >= 0.6 is 15.9 Å². The summed E-state index contributed by atoms with van der Waals surface area (Å²) in [6.45, 7) is 5.72. The quantitative estimate of drug-likeness (QED) is 0.843. The van der Waals surface area contributed by atoms with Gasteiger partial charge in [0.1, 0.15) is 0 Å². The van der Waals surface area contributed by atoms with Crippen LogP contribution in [0, 0.1) is 6.92 Å². The first-order valence-electron chi connectivity index (χ1n) is 5.82. The lowest BCUT2D eigenvalue weighted by Crippen LogP contribution is -2.40. The summed E-state index contributed by atoms with van der Waals surface area (Å²) in [5.74, 6) is -1.25. The maximum atomic E-state index is 11.6. The third-order valence-electron chi connectivity index (χ3n) is 2.61. The van der Waals surface area contributed by atoms with Gasteiger partial charge >= 0.3 is 11.8 Å². The second kappa shape index (κ2) is 6.54. The van der Waals surface area contributed by atoms with Crippen molar-refractivity contribution in [3.05, 3.63) is 28.2 Å². The maximum absolute atomic E-state index is 11.6. The first-order chi connectivity index (χ1) is 8.43. The van der Waals surface area contributed by atoms with Gasteiger partial charge in [0, 0.05) is 16.2 Å². The molecule has 0 aliphatic carbocycles. The van der Waals surface area contributed by atoms with Gasteiger partial charge in [-0.3, -0.25) is 9.59 Å². The number of anilines is 1. The molecule has 18 heavy (non-hydrogen) atoms. The molecule has 4 nitrogen and oxygen atoms in total. The second-order valence-corrected chi connectivity index (χ2v) is 5.06. The fourth-order valence-corrected chi connectivity index (χ4v) is 1.55. The molecule has 5 heteroatoms. The number of amides is 2. The summed E-state index contributed by atoms with van der Waals surface area (Å²) < 4.78 is 0.963. The molecule has 0 heterocycles. The number of carbonyl (C=O) groups excluding carboxylic acids is 2. The molecule has 0 radical (unpaired) electrons. The number of hydrogen-bond donors (Lipinski definition) is 2. The molecule has 0 bridgehead atoms. The molecule has 2 N–H and O–H groups in total. The molecule has 1 aromatic rings. The molecule has 0 unspecified atom stereocenters. The molecule has 0 saturated carbocycles. The number of benzene rings is 1. The van der Waals surface area contributed by atoms with E-state index in [1.165, 1.54) is 0 Å². The van der Waals surface area contributed by atoms with Gasteiger partial charge in [0.15, 0.2) is 0 Å². The van der Waals surface area contributed by atoms with Gasteiger partial charge in [0.2, 0.25) is 0 Å². The molecule has 0 aliphatic heterocycles. The van der Waals surface area contributed by atoms with E-state index in [1.54, 1.807) is 12.1 Å². The minimum absolute atomic E-state index is 0.00472. The van der Waals surface area contributed by atoms with Gasteiger partial charge in [-0.1, -0.05) is 22.9 Å². The Hall–Kier alpha value is -1.36. The minimum Gasteiger partial charge on any atom is -0.345 e. The van der Waals surface area contributed by atoms with Crippen molar-refractivity contribution < 1.29 is 9.59 Å². The van der Waals surface area contributed by atoms with Gasteiger partial charge in [0.05, 0.1) is 0 Å². The zero-order valence-corrected chi connectivity index (χ0v) is 12.3. The Balaban J connectivity index is 2.64. The first kappa shape index (κ1) is 14.7. The van der Waals surface area contributed by atoms with E-state index in [-0.39, 0.29) is 6.04 Å². The van der Waals surface area contributed by atoms with Gasteiger partial charge in [-0.25, -0.2) is 0 Å². The largest absolute Gasteiger partial charge is 0.345 e. The van der Waals surface area contributed by atoms with Crippen molar-refractivity contribution in [1.29, 1.82) is 0 Å². The molecule has 2 amide bonds. The smallest absolute Gasteiger partial charge is 0.313 e. The third-order valence-corrected chi connectivity index (χ3v) is 3.50. The molecule has 0 spiro atoms. The van der Waals surface area contributed by atoms with E-state index in [0.29, 0.717) is 5.69 Å². The van der Waals surface area contributed by atoms with Crippen LogP contribution in [0.15, 0.2) is 22.7 Å². The van der Waals surface area contributed by atoms with Gasteiger partial charge in [-0.05, 0) is 44.0 Å². The van der Waals surface area contributed by atoms with E-state index in [9.17, 15) is 9.59 Å². The van der Waals surface area contributed by atoms with E-state index >= 15 is 0 Å². The predicted octanol–water partition coefficient (Wildman–Crippen LogP) is 2.61. The van der Waals surface area contributed by atoms with E-state index in [4.69, 9.17) is 0 Å². The van der Waals surface area contributed by atoms with Crippen molar-refractivity contribution >= 4 is 33.4 Å². The van der Waals surface area contributed by atoms with Crippen molar-refractivity contribution in [3.63, 3.8) is 0 Å². The maximum Gasteiger partial charge on any atom is 0.313 e. The van der Waals surface area contributed by atoms with Gasteiger partial charge in [-0.15, -0.1) is 0 Å². The van der Waals surface area contributed by atoms with E-state index in [2.05, 4.69) is 26.6 Å². The number of carbonyl (C=O) groups is 2. The summed E-state index contributed by atoms with van der Waals surface area (Å²) in [4.78, 5) is 23.2. The summed E-state index contributed by atoms with van der Waals surface area (Å²) in [7, 11) is 0. The average Bonchev–Trinajstić information content (AvgIpc) is 2.33. The first-order valence-corrected chi connectivity index (χ1v) is 6.61. The van der Waals surface area contributed by atoms with Crippen molar-refractivity contribution in [1.82, 2.24) is 5.32 Å². The molecule has 0 aromatic heterocycles. The number of nitrogens with one attached hydrogen (secondary N) is 2. The third kappa shape index (κ3) is 4.14. The zero-order chi connectivity index (χ0) is 13.7. The van der Waals surface area contributed by atoms with Gasteiger partial charge in [0.25, 0.3) is 0 Å². The molecule has 0 saturated heterocycles. The monoisotopic (exact) mass is 312 g/mol. The highest BCUT2D eigenvalue weighted by Crippen LogP contribution is 2.19. The lowest BCUT2D eigenvalue weighted by Gasteiger charge is -2.11. The van der Waals surface area contributed by atoms with E-state index in [1.807, 2.05) is 26.8 Å². The summed E-state index contributed by atoms with van der Waals surface area (Å²) >= 11 is 3.37. The van der Waals surface area contributed by atoms with Crippen molar-refractivity contribution in [2.45, 2.75) is 33.2 Å². The highest BCUT2D eigenvalue weighted by molar-refractivity contribution is 9.10. The van der Waals surface area contributed by atoms with E-state index < -0.39 is 11.8 Å². The average molecular weight is 313 g/mol. The summed E-state index contributed by atoms with van der Waals surface area (Å²) in [5, 5.41) is 5.18. The van der Waals surface area contributed by atoms with Crippen LogP contribution in [0.5, 0.6) is 0 Å². The molecular weight excluding hydrogens is 296 g/mol. The summed E-state index contributed by atoms with van der Waals surface area (Å²) in [5.41, 5.74) is 1.61. The number of hydrogen-bond acceptors (Lipinski definition) is 2. The van der Waals surface area contributed by atoms with Crippen molar-refractivity contribution in [2.24, 2.45) is 0 Å². The fraction of sp³-hybridized carbons (Fsp3) is 0.385. The Labute approximate surface area is 115 Å². The molecule has 1 atom stereocenters. The van der Waals surface area contributed by atoms with Crippen LogP contribution < -0.4 is 10.6 Å². The Kier molecular flexibility index (Phi) is 5.34.